The number of hydrogen-bond acceptors (Lipinski definition) is 3. The van der Waals surface area contributed by atoms with E-state index in [0.717, 1.165) is 23.0 Å². The molecule has 4 heteroatoms. The second-order valence-electron chi connectivity index (χ2n) is 6.71. The maximum Gasteiger partial charge on any atom is 0.289 e. The first-order valence-electron chi connectivity index (χ1n) is 7.42. The zero-order valence-electron chi connectivity index (χ0n) is 12.8. The van der Waals surface area contributed by atoms with Gasteiger partial charge in [-0.15, -0.1) is 0 Å². The molecule has 1 aliphatic heterocycles. The van der Waals surface area contributed by atoms with Crippen LogP contribution in [0.4, 0.5) is 0 Å². The van der Waals surface area contributed by atoms with Crippen LogP contribution < -0.4 is 5.73 Å². The molecule has 1 aromatic carbocycles. The maximum atomic E-state index is 12.7. The van der Waals surface area contributed by atoms with E-state index in [2.05, 4.69) is 13.8 Å². The summed E-state index contributed by atoms with van der Waals surface area (Å²) in [6.07, 6.45) is 0.831. The van der Waals surface area contributed by atoms with Crippen molar-refractivity contribution in [2.24, 2.45) is 11.1 Å². The number of nitrogens with two attached hydrogens (primary N) is 1. The lowest BCUT2D eigenvalue weighted by molar-refractivity contribution is 0.0505. The van der Waals surface area contributed by atoms with E-state index in [1.54, 1.807) is 0 Å². The van der Waals surface area contributed by atoms with Gasteiger partial charge < -0.3 is 15.1 Å². The molecule has 1 unspecified atom stereocenters. The van der Waals surface area contributed by atoms with E-state index in [0.29, 0.717) is 18.8 Å². The van der Waals surface area contributed by atoms with Gasteiger partial charge in [-0.2, -0.15) is 0 Å². The largest absolute Gasteiger partial charge is 0.451 e. The molecule has 3 rings (SSSR count). The van der Waals surface area contributed by atoms with Crippen molar-refractivity contribution in [3.8, 4) is 0 Å². The van der Waals surface area contributed by atoms with Gasteiger partial charge in [-0.3, -0.25) is 4.79 Å². The molecule has 2 heterocycles. The van der Waals surface area contributed by atoms with Crippen molar-refractivity contribution in [1.82, 2.24) is 4.90 Å². The number of para-hydroxylation sites is 1. The van der Waals surface area contributed by atoms with Crippen LogP contribution in [0.3, 0.4) is 0 Å². The Kier molecular flexibility index (Phi) is 3.29. The fourth-order valence-electron chi connectivity index (χ4n) is 3.02. The van der Waals surface area contributed by atoms with Crippen LogP contribution in [-0.4, -0.2) is 29.9 Å². The van der Waals surface area contributed by atoms with Crippen molar-refractivity contribution < 1.29 is 9.21 Å². The summed E-state index contributed by atoms with van der Waals surface area (Å²) in [4.78, 5) is 14.5. The summed E-state index contributed by atoms with van der Waals surface area (Å²) >= 11 is 0. The normalized spacial score (nSPS) is 21.7. The third kappa shape index (κ3) is 2.44. The Hall–Kier alpha value is -1.81. The van der Waals surface area contributed by atoms with Crippen molar-refractivity contribution in [2.75, 3.05) is 13.1 Å². The van der Waals surface area contributed by atoms with Gasteiger partial charge in [0.15, 0.2) is 5.76 Å². The molecule has 1 atom stereocenters. The van der Waals surface area contributed by atoms with Crippen LogP contribution in [-0.2, 0) is 0 Å². The number of likely N-dealkylation sites (tertiary alicyclic amines) is 1. The average Bonchev–Trinajstić information content (AvgIpc) is 2.86. The Labute approximate surface area is 124 Å². The molecule has 1 aliphatic rings. The highest BCUT2D eigenvalue weighted by atomic mass is 16.3. The number of benzene rings is 1. The fourth-order valence-corrected chi connectivity index (χ4v) is 3.02. The van der Waals surface area contributed by atoms with Crippen LogP contribution in [0, 0.1) is 12.3 Å². The third-order valence-electron chi connectivity index (χ3n) is 4.55. The molecule has 2 N–H and O–H groups in total. The van der Waals surface area contributed by atoms with Crippen molar-refractivity contribution >= 4 is 16.9 Å². The topological polar surface area (TPSA) is 59.5 Å². The average molecular weight is 286 g/mol. The second kappa shape index (κ2) is 4.88. The summed E-state index contributed by atoms with van der Waals surface area (Å²) in [5.41, 5.74) is 7.92. The van der Waals surface area contributed by atoms with Gasteiger partial charge in [0, 0.05) is 24.5 Å². The molecule has 1 fully saturated rings. The van der Waals surface area contributed by atoms with E-state index >= 15 is 0 Å². The number of furan rings is 1. The standard InChI is InChI=1S/C17H22N2O2/c1-11-5-4-6-12-9-13(21-15(11)12)16(20)19-8-7-14(18)17(2,3)10-19/h4-6,9,14H,7-8,10,18H2,1-3H3. The number of carbonyl (C=O) groups excluding carboxylic acids is 1. The molecule has 0 bridgehead atoms. The lowest BCUT2D eigenvalue weighted by Crippen LogP contribution is -2.53. The van der Waals surface area contributed by atoms with E-state index in [1.165, 1.54) is 0 Å². The molecule has 2 aromatic rings. The lowest BCUT2D eigenvalue weighted by Gasteiger charge is -2.42. The minimum Gasteiger partial charge on any atom is -0.451 e. The summed E-state index contributed by atoms with van der Waals surface area (Å²) in [6.45, 7) is 7.57. The van der Waals surface area contributed by atoms with Crippen LogP contribution in [0.15, 0.2) is 28.7 Å². The number of fused-ring (bicyclic) bond motifs is 1. The van der Waals surface area contributed by atoms with Gasteiger partial charge in [0.25, 0.3) is 5.91 Å². The van der Waals surface area contributed by atoms with Gasteiger partial charge in [-0.25, -0.2) is 0 Å². The zero-order valence-corrected chi connectivity index (χ0v) is 12.8. The Balaban J connectivity index is 1.89. The molecule has 112 valence electrons. The summed E-state index contributed by atoms with van der Waals surface area (Å²) < 4.78 is 5.79. The Morgan fingerprint density at radius 1 is 1.43 bits per heavy atom. The van der Waals surface area contributed by atoms with Gasteiger partial charge >= 0.3 is 0 Å². The Morgan fingerprint density at radius 3 is 2.86 bits per heavy atom. The Bertz CT molecular complexity index is 687. The number of rotatable bonds is 1. The van der Waals surface area contributed by atoms with Crippen LogP contribution in [0.5, 0.6) is 0 Å². The molecular formula is C17H22N2O2. The number of aryl methyl sites for hydroxylation is 1. The molecule has 4 nitrogen and oxygen atoms in total. The fraction of sp³-hybridized carbons (Fsp3) is 0.471. The van der Waals surface area contributed by atoms with Crippen LogP contribution >= 0.6 is 0 Å². The first kappa shape index (κ1) is 14.1. The number of carbonyl (C=O) groups is 1. The highest BCUT2D eigenvalue weighted by molar-refractivity contribution is 5.96. The first-order chi connectivity index (χ1) is 9.88. The van der Waals surface area contributed by atoms with Crippen LogP contribution in [0.2, 0.25) is 0 Å². The van der Waals surface area contributed by atoms with Crippen LogP contribution in [0.1, 0.15) is 36.4 Å². The monoisotopic (exact) mass is 286 g/mol. The van der Waals surface area contributed by atoms with Crippen molar-refractivity contribution in [3.05, 3.63) is 35.6 Å². The molecule has 0 saturated carbocycles. The predicted molar refractivity (Wildman–Crippen MR) is 83.2 cm³/mol. The summed E-state index contributed by atoms with van der Waals surface area (Å²) in [5.74, 6) is 0.385. The van der Waals surface area contributed by atoms with E-state index in [-0.39, 0.29) is 17.4 Å². The van der Waals surface area contributed by atoms with Gasteiger partial charge in [-0.05, 0) is 30.4 Å². The lowest BCUT2D eigenvalue weighted by atomic mass is 9.79. The molecule has 1 saturated heterocycles. The Morgan fingerprint density at radius 2 is 2.19 bits per heavy atom. The highest BCUT2D eigenvalue weighted by Crippen LogP contribution is 2.30. The van der Waals surface area contributed by atoms with Gasteiger partial charge in [0.1, 0.15) is 5.58 Å². The van der Waals surface area contributed by atoms with Gasteiger partial charge in [-0.1, -0.05) is 32.0 Å². The van der Waals surface area contributed by atoms with Crippen molar-refractivity contribution in [2.45, 2.75) is 33.2 Å². The van der Waals surface area contributed by atoms with E-state index < -0.39 is 0 Å². The molecule has 1 aromatic heterocycles. The minimum atomic E-state index is -0.0597. The molecule has 21 heavy (non-hydrogen) atoms. The summed E-state index contributed by atoms with van der Waals surface area (Å²) in [7, 11) is 0. The number of hydrogen-bond donors (Lipinski definition) is 1. The second-order valence-corrected chi connectivity index (χ2v) is 6.71. The number of piperidine rings is 1. The smallest absolute Gasteiger partial charge is 0.289 e. The summed E-state index contributed by atoms with van der Waals surface area (Å²) in [5, 5.41) is 0.978. The predicted octanol–water partition coefficient (Wildman–Crippen LogP) is 2.94. The highest BCUT2D eigenvalue weighted by Gasteiger charge is 2.36. The summed E-state index contributed by atoms with van der Waals surface area (Å²) in [6, 6.07) is 7.91. The van der Waals surface area contributed by atoms with E-state index in [9.17, 15) is 4.79 Å². The van der Waals surface area contributed by atoms with E-state index in [1.807, 2.05) is 36.1 Å². The van der Waals surface area contributed by atoms with Crippen molar-refractivity contribution in [1.29, 1.82) is 0 Å². The van der Waals surface area contributed by atoms with E-state index in [4.69, 9.17) is 10.2 Å². The zero-order chi connectivity index (χ0) is 15.2. The van der Waals surface area contributed by atoms with Crippen molar-refractivity contribution in [3.63, 3.8) is 0 Å². The molecular weight excluding hydrogens is 264 g/mol. The minimum absolute atomic E-state index is 0.0365. The molecule has 0 radical (unpaired) electrons. The quantitative estimate of drug-likeness (QED) is 0.876. The van der Waals surface area contributed by atoms with Gasteiger partial charge in [0.05, 0.1) is 0 Å². The first-order valence-corrected chi connectivity index (χ1v) is 7.42. The number of nitrogens with zero attached hydrogens (tertiary/aromatic N) is 1. The van der Waals surface area contributed by atoms with Gasteiger partial charge in [0.2, 0.25) is 0 Å². The third-order valence-corrected chi connectivity index (χ3v) is 4.55. The molecule has 0 spiro atoms. The SMILES string of the molecule is Cc1cccc2cc(C(=O)N3CCC(N)C(C)(C)C3)oc12. The number of amides is 1. The molecule has 0 aliphatic carbocycles. The van der Waals surface area contributed by atoms with Crippen LogP contribution in [0.25, 0.3) is 11.0 Å². The maximum absolute atomic E-state index is 12.7. The molecule has 1 amide bonds.